The van der Waals surface area contributed by atoms with Crippen molar-refractivity contribution in [2.24, 2.45) is 5.73 Å². The van der Waals surface area contributed by atoms with E-state index in [2.05, 4.69) is 0 Å². The van der Waals surface area contributed by atoms with E-state index in [1.807, 2.05) is 0 Å². The number of hydrogen-bond donors (Lipinski definition) is 1. The fourth-order valence-electron chi connectivity index (χ4n) is 1.61. The van der Waals surface area contributed by atoms with E-state index >= 15 is 0 Å². The minimum atomic E-state index is -0.391. The third-order valence-corrected chi connectivity index (χ3v) is 2.31. The number of hydrogen-bond acceptors (Lipinski definition) is 4. The number of aldehydes is 1. The Morgan fingerprint density at radius 2 is 2.24 bits per heavy atom. The van der Waals surface area contributed by atoms with E-state index < -0.39 is 5.91 Å². The van der Waals surface area contributed by atoms with Crippen LogP contribution in [0.25, 0.3) is 0 Å². The summed E-state index contributed by atoms with van der Waals surface area (Å²) in [6.07, 6.45) is 0.775. The Bertz CT molecular complexity index is 418. The lowest BCUT2D eigenvalue weighted by molar-refractivity contribution is -0.118. The Morgan fingerprint density at radius 3 is 2.76 bits per heavy atom. The molecule has 1 rings (SSSR count). The third kappa shape index (κ3) is 3.88. The molecule has 0 fully saturated rings. The van der Waals surface area contributed by atoms with Crippen LogP contribution in [0, 0.1) is 0 Å². The van der Waals surface area contributed by atoms with Crippen LogP contribution in [0.1, 0.15) is 15.9 Å². The van der Waals surface area contributed by atoms with E-state index in [1.165, 1.54) is 0 Å². The summed E-state index contributed by atoms with van der Waals surface area (Å²) in [5.41, 5.74) is 6.53. The van der Waals surface area contributed by atoms with Gasteiger partial charge in [0, 0.05) is 17.7 Å². The molecular weight excluding hydrogens is 220 g/mol. The summed E-state index contributed by atoms with van der Waals surface area (Å²) < 4.78 is 5.19. The van der Waals surface area contributed by atoms with Crippen LogP contribution in [0.3, 0.4) is 0 Å². The zero-order valence-electron chi connectivity index (χ0n) is 9.97. The monoisotopic (exact) mass is 236 g/mol. The number of rotatable bonds is 6. The molecule has 0 bridgehead atoms. The van der Waals surface area contributed by atoms with Gasteiger partial charge in [-0.3, -0.25) is 14.5 Å². The Labute approximate surface area is 100 Å². The van der Waals surface area contributed by atoms with E-state index in [1.54, 1.807) is 37.3 Å². The Kier molecular flexibility index (Phi) is 4.66. The molecule has 1 amide bonds. The molecule has 92 valence electrons. The number of amides is 1. The molecule has 0 aromatic heterocycles. The van der Waals surface area contributed by atoms with Crippen molar-refractivity contribution in [3.63, 3.8) is 0 Å². The summed E-state index contributed by atoms with van der Waals surface area (Å²) >= 11 is 0. The normalized spacial score (nSPS) is 10.3. The van der Waals surface area contributed by atoms with Crippen LogP contribution < -0.4 is 10.5 Å². The Hall–Kier alpha value is -1.88. The second-order valence-corrected chi connectivity index (χ2v) is 3.83. The van der Waals surface area contributed by atoms with Gasteiger partial charge < -0.3 is 10.5 Å². The van der Waals surface area contributed by atoms with Crippen molar-refractivity contribution < 1.29 is 14.3 Å². The van der Waals surface area contributed by atoms with Gasteiger partial charge in [-0.1, -0.05) is 0 Å². The van der Waals surface area contributed by atoms with Gasteiger partial charge in [0.05, 0.1) is 13.7 Å². The van der Waals surface area contributed by atoms with Crippen LogP contribution in [-0.2, 0) is 11.3 Å². The van der Waals surface area contributed by atoms with E-state index in [0.29, 0.717) is 17.9 Å². The number of carbonyl (C=O) groups is 2. The van der Waals surface area contributed by atoms with Crippen molar-refractivity contribution in [1.29, 1.82) is 0 Å². The van der Waals surface area contributed by atoms with E-state index in [0.717, 1.165) is 11.8 Å². The smallest absolute Gasteiger partial charge is 0.231 e. The first-order chi connectivity index (χ1) is 8.06. The minimum absolute atomic E-state index is 0.161. The summed E-state index contributed by atoms with van der Waals surface area (Å²) in [6.45, 7) is 0.655. The molecular formula is C12H16N2O3. The number of nitrogens with two attached hydrogens (primary N) is 1. The van der Waals surface area contributed by atoms with Crippen molar-refractivity contribution in [2.75, 3.05) is 20.7 Å². The van der Waals surface area contributed by atoms with Gasteiger partial charge in [0.1, 0.15) is 12.0 Å². The van der Waals surface area contributed by atoms with Gasteiger partial charge in [-0.15, -0.1) is 0 Å². The van der Waals surface area contributed by atoms with Crippen molar-refractivity contribution in [3.05, 3.63) is 29.3 Å². The lowest BCUT2D eigenvalue weighted by atomic mass is 10.1. The van der Waals surface area contributed by atoms with Crippen LogP contribution in [0.15, 0.2) is 18.2 Å². The van der Waals surface area contributed by atoms with Crippen LogP contribution in [0.4, 0.5) is 0 Å². The summed E-state index contributed by atoms with van der Waals surface area (Å²) in [5, 5.41) is 0. The average Bonchev–Trinajstić information content (AvgIpc) is 2.27. The number of carbonyl (C=O) groups excluding carboxylic acids is 2. The molecule has 0 radical (unpaired) electrons. The first-order valence-electron chi connectivity index (χ1n) is 5.15. The molecule has 0 heterocycles. The second-order valence-electron chi connectivity index (χ2n) is 3.83. The zero-order chi connectivity index (χ0) is 12.8. The van der Waals surface area contributed by atoms with Crippen LogP contribution >= 0.6 is 0 Å². The summed E-state index contributed by atoms with van der Waals surface area (Å²) in [4.78, 5) is 23.2. The quantitative estimate of drug-likeness (QED) is 0.727. The molecule has 0 atom stereocenters. The summed E-state index contributed by atoms with van der Waals surface area (Å²) in [5.74, 6) is 0.296. The summed E-state index contributed by atoms with van der Waals surface area (Å²) in [6, 6.07) is 5.16. The lowest BCUT2D eigenvalue weighted by Gasteiger charge is -2.16. The number of likely N-dealkylation sites (N-methyl/N-ethyl adjacent to an activating group) is 1. The van der Waals surface area contributed by atoms with Gasteiger partial charge in [0.25, 0.3) is 0 Å². The van der Waals surface area contributed by atoms with Gasteiger partial charge in [0.15, 0.2) is 0 Å². The average molecular weight is 236 g/mol. The molecule has 0 spiro atoms. The van der Waals surface area contributed by atoms with Crippen molar-refractivity contribution in [1.82, 2.24) is 4.90 Å². The van der Waals surface area contributed by atoms with Crippen LogP contribution in [0.5, 0.6) is 5.75 Å². The predicted molar refractivity (Wildman–Crippen MR) is 63.9 cm³/mol. The highest BCUT2D eigenvalue weighted by Gasteiger charge is 2.09. The van der Waals surface area contributed by atoms with E-state index in [-0.39, 0.29) is 6.54 Å². The second kappa shape index (κ2) is 6.00. The summed E-state index contributed by atoms with van der Waals surface area (Å²) in [7, 11) is 3.34. The van der Waals surface area contributed by atoms with Crippen LogP contribution in [-0.4, -0.2) is 37.8 Å². The van der Waals surface area contributed by atoms with Crippen molar-refractivity contribution in [3.8, 4) is 5.75 Å². The first-order valence-corrected chi connectivity index (χ1v) is 5.15. The Morgan fingerprint density at radius 1 is 1.53 bits per heavy atom. The molecule has 0 saturated heterocycles. The van der Waals surface area contributed by atoms with Gasteiger partial charge in [-0.25, -0.2) is 0 Å². The maximum Gasteiger partial charge on any atom is 0.231 e. The third-order valence-electron chi connectivity index (χ3n) is 2.31. The molecule has 1 aromatic rings. The van der Waals surface area contributed by atoms with Gasteiger partial charge in [-0.2, -0.15) is 0 Å². The first kappa shape index (κ1) is 13.2. The number of benzene rings is 1. The SMILES string of the molecule is COc1ccc(C=O)cc1CN(C)CC(N)=O. The van der Waals surface area contributed by atoms with E-state index in [9.17, 15) is 9.59 Å². The number of ether oxygens (including phenoxy) is 1. The fourth-order valence-corrected chi connectivity index (χ4v) is 1.61. The minimum Gasteiger partial charge on any atom is -0.496 e. The highest BCUT2D eigenvalue weighted by Crippen LogP contribution is 2.20. The molecule has 0 aliphatic rings. The molecule has 5 heteroatoms. The molecule has 1 aromatic carbocycles. The van der Waals surface area contributed by atoms with Crippen molar-refractivity contribution in [2.45, 2.75) is 6.54 Å². The van der Waals surface area contributed by atoms with Gasteiger partial charge in [0.2, 0.25) is 5.91 Å². The molecule has 0 saturated carbocycles. The maximum atomic E-state index is 10.8. The van der Waals surface area contributed by atoms with E-state index in [4.69, 9.17) is 10.5 Å². The lowest BCUT2D eigenvalue weighted by Crippen LogP contribution is -2.30. The molecule has 2 N–H and O–H groups in total. The number of nitrogens with zero attached hydrogens (tertiary/aromatic N) is 1. The molecule has 0 aliphatic carbocycles. The fraction of sp³-hybridized carbons (Fsp3) is 0.333. The standard InChI is InChI=1S/C12H16N2O3/c1-14(7-12(13)16)6-10-5-9(8-15)3-4-11(10)17-2/h3-5,8H,6-7H2,1-2H3,(H2,13,16). The van der Waals surface area contributed by atoms with Gasteiger partial charge in [-0.05, 0) is 25.2 Å². The Balaban J connectivity index is 2.86. The van der Waals surface area contributed by atoms with Crippen molar-refractivity contribution >= 4 is 12.2 Å². The number of primary amides is 1. The maximum absolute atomic E-state index is 10.8. The molecule has 0 unspecified atom stereocenters. The zero-order valence-corrected chi connectivity index (χ0v) is 9.97. The highest BCUT2D eigenvalue weighted by atomic mass is 16.5. The largest absolute Gasteiger partial charge is 0.496 e. The van der Waals surface area contributed by atoms with Crippen LogP contribution in [0.2, 0.25) is 0 Å². The molecule has 0 aliphatic heterocycles. The highest BCUT2D eigenvalue weighted by molar-refractivity contribution is 5.76. The number of methoxy groups -OCH3 is 1. The molecule has 5 nitrogen and oxygen atoms in total. The molecule has 17 heavy (non-hydrogen) atoms. The topological polar surface area (TPSA) is 72.6 Å². The van der Waals surface area contributed by atoms with Gasteiger partial charge >= 0.3 is 0 Å². The predicted octanol–water partition coefficient (Wildman–Crippen LogP) is 0.425.